The third-order valence-corrected chi connectivity index (χ3v) is 2.58. The second-order valence-electron chi connectivity index (χ2n) is 4.09. The minimum absolute atomic E-state index is 0.436. The molecule has 0 saturated heterocycles. The summed E-state index contributed by atoms with van der Waals surface area (Å²) in [7, 11) is 4.27. The van der Waals surface area contributed by atoms with Crippen molar-refractivity contribution in [3.8, 4) is 0 Å². The van der Waals surface area contributed by atoms with Crippen LogP contribution in [0.15, 0.2) is 18.2 Å². The Morgan fingerprint density at radius 1 is 1.37 bits per heavy atom. The number of halogens is 3. The molecule has 0 bridgehead atoms. The molecule has 1 aromatic carbocycles. The molecular formula is C12H14F3NO3. The smallest absolute Gasteiger partial charge is 0.416 e. The van der Waals surface area contributed by atoms with Crippen LogP contribution in [0.3, 0.4) is 0 Å². The van der Waals surface area contributed by atoms with Crippen LogP contribution < -0.4 is 4.90 Å². The Morgan fingerprint density at radius 3 is 2.37 bits per heavy atom. The van der Waals surface area contributed by atoms with E-state index in [-0.39, 0.29) is 0 Å². The molecule has 4 nitrogen and oxygen atoms in total. The molecule has 0 fully saturated rings. The van der Waals surface area contributed by atoms with E-state index in [9.17, 15) is 23.1 Å². The molecule has 0 heterocycles. The van der Waals surface area contributed by atoms with Gasteiger partial charge in [0.2, 0.25) is 0 Å². The van der Waals surface area contributed by atoms with Crippen LogP contribution in [0.4, 0.5) is 18.9 Å². The number of nitrogens with zero attached hydrogens (tertiary/aromatic N) is 1. The van der Waals surface area contributed by atoms with Crippen molar-refractivity contribution in [2.45, 2.75) is 12.3 Å². The van der Waals surface area contributed by atoms with E-state index >= 15 is 0 Å². The second-order valence-corrected chi connectivity index (χ2v) is 4.09. The number of hydrogen-bond acceptors (Lipinski definition) is 4. The van der Waals surface area contributed by atoms with E-state index in [1.165, 1.54) is 6.07 Å². The molecule has 1 atom stereocenters. The van der Waals surface area contributed by atoms with Gasteiger partial charge >= 0.3 is 12.1 Å². The number of methoxy groups -OCH3 is 1. The Bertz CT molecular complexity index is 472. The maximum absolute atomic E-state index is 12.8. The van der Waals surface area contributed by atoms with E-state index in [0.717, 1.165) is 19.2 Å². The number of benzene rings is 1. The lowest BCUT2D eigenvalue weighted by atomic mass is 10.0. The fraction of sp³-hybridized carbons (Fsp3) is 0.417. The topological polar surface area (TPSA) is 49.8 Å². The number of hydrogen-bond donors (Lipinski definition) is 1. The van der Waals surface area contributed by atoms with Crippen LogP contribution in [-0.2, 0) is 15.7 Å². The summed E-state index contributed by atoms with van der Waals surface area (Å²) in [5.41, 5.74) is -1.15. The molecule has 1 rings (SSSR count). The van der Waals surface area contributed by atoms with Crippen LogP contribution in [0.1, 0.15) is 17.2 Å². The molecule has 0 amide bonds. The highest BCUT2D eigenvalue weighted by molar-refractivity contribution is 5.77. The van der Waals surface area contributed by atoms with Crippen molar-refractivity contribution in [2.75, 3.05) is 26.1 Å². The zero-order chi connectivity index (χ0) is 14.8. The number of anilines is 1. The first kappa shape index (κ1) is 15.3. The van der Waals surface area contributed by atoms with Gasteiger partial charge in [0.05, 0.1) is 12.7 Å². The number of alkyl halides is 3. The molecule has 1 N–H and O–H groups in total. The van der Waals surface area contributed by atoms with Gasteiger partial charge in [-0.25, -0.2) is 4.79 Å². The van der Waals surface area contributed by atoms with Crippen LogP contribution in [0.25, 0.3) is 0 Å². The number of carbonyl (C=O) groups excluding carboxylic acids is 1. The SMILES string of the molecule is COC(=O)C(O)c1cc(N(C)C)ccc1C(F)(F)F. The number of aliphatic hydroxyl groups excluding tert-OH is 1. The van der Waals surface area contributed by atoms with Crippen LogP contribution in [0.2, 0.25) is 0 Å². The summed E-state index contributed by atoms with van der Waals surface area (Å²) in [6.07, 6.45) is -6.63. The Kier molecular flexibility index (Phi) is 4.41. The first-order valence-electron chi connectivity index (χ1n) is 5.33. The molecule has 0 aliphatic rings. The Morgan fingerprint density at radius 2 is 1.95 bits per heavy atom. The van der Waals surface area contributed by atoms with Crippen molar-refractivity contribution in [2.24, 2.45) is 0 Å². The van der Waals surface area contributed by atoms with Gasteiger partial charge in [0.25, 0.3) is 0 Å². The number of carbonyl (C=O) groups is 1. The fourth-order valence-corrected chi connectivity index (χ4v) is 1.55. The van der Waals surface area contributed by atoms with Crippen LogP contribution in [0.5, 0.6) is 0 Å². The maximum Gasteiger partial charge on any atom is 0.416 e. The predicted octanol–water partition coefficient (Wildman–Crippen LogP) is 1.98. The van der Waals surface area contributed by atoms with Gasteiger partial charge in [-0.15, -0.1) is 0 Å². The molecule has 0 aliphatic carbocycles. The molecule has 1 aromatic rings. The quantitative estimate of drug-likeness (QED) is 0.858. The van der Waals surface area contributed by atoms with Gasteiger partial charge in [-0.1, -0.05) is 0 Å². The highest BCUT2D eigenvalue weighted by atomic mass is 19.4. The molecule has 19 heavy (non-hydrogen) atoms. The normalized spacial score (nSPS) is 13.0. The van der Waals surface area contributed by atoms with Gasteiger partial charge < -0.3 is 14.7 Å². The lowest BCUT2D eigenvalue weighted by Crippen LogP contribution is -2.20. The van der Waals surface area contributed by atoms with Crippen molar-refractivity contribution in [3.63, 3.8) is 0 Å². The molecule has 0 spiro atoms. The largest absolute Gasteiger partial charge is 0.467 e. The van der Waals surface area contributed by atoms with Crippen LogP contribution >= 0.6 is 0 Å². The zero-order valence-electron chi connectivity index (χ0n) is 10.7. The van der Waals surface area contributed by atoms with E-state index in [0.29, 0.717) is 5.69 Å². The first-order chi connectivity index (χ1) is 8.68. The summed E-state index contributed by atoms with van der Waals surface area (Å²) in [6, 6.07) is 3.21. The number of aliphatic hydroxyl groups is 1. The summed E-state index contributed by atoms with van der Waals surface area (Å²) < 4.78 is 42.8. The third kappa shape index (κ3) is 3.37. The van der Waals surface area contributed by atoms with Gasteiger partial charge in [0.15, 0.2) is 6.10 Å². The van der Waals surface area contributed by atoms with Gasteiger partial charge in [-0.2, -0.15) is 13.2 Å². The molecule has 0 aromatic heterocycles. The summed E-state index contributed by atoms with van der Waals surface area (Å²) in [5.74, 6) is -1.14. The Balaban J connectivity index is 3.38. The van der Waals surface area contributed by atoms with E-state index in [4.69, 9.17) is 0 Å². The highest BCUT2D eigenvalue weighted by Crippen LogP contribution is 2.36. The van der Waals surface area contributed by atoms with E-state index in [2.05, 4.69) is 4.74 Å². The van der Waals surface area contributed by atoms with E-state index in [1.807, 2.05) is 0 Å². The number of esters is 1. The molecule has 1 unspecified atom stereocenters. The summed E-state index contributed by atoms with van der Waals surface area (Å²) in [6.45, 7) is 0. The Labute approximate surface area is 108 Å². The van der Waals surface area contributed by atoms with Crippen molar-refractivity contribution in [1.29, 1.82) is 0 Å². The lowest BCUT2D eigenvalue weighted by Gasteiger charge is -2.20. The van der Waals surface area contributed by atoms with Gasteiger partial charge in [0, 0.05) is 25.3 Å². The zero-order valence-corrected chi connectivity index (χ0v) is 10.7. The standard InChI is InChI=1S/C12H14F3NO3/c1-16(2)7-4-5-9(12(13,14)15)8(6-7)10(17)11(18)19-3/h4-6,10,17H,1-3H3. The summed E-state index contributed by atoms with van der Waals surface area (Å²) >= 11 is 0. The lowest BCUT2D eigenvalue weighted by molar-refractivity contribution is -0.152. The first-order valence-corrected chi connectivity index (χ1v) is 5.33. The molecule has 0 aliphatic heterocycles. The minimum Gasteiger partial charge on any atom is -0.467 e. The average Bonchev–Trinajstić information content (AvgIpc) is 2.35. The van der Waals surface area contributed by atoms with Crippen LogP contribution in [-0.4, -0.2) is 32.3 Å². The van der Waals surface area contributed by atoms with E-state index in [1.54, 1.807) is 19.0 Å². The van der Waals surface area contributed by atoms with E-state index < -0.39 is 29.4 Å². The van der Waals surface area contributed by atoms with Crippen molar-refractivity contribution in [3.05, 3.63) is 29.3 Å². The molecule has 0 radical (unpaired) electrons. The van der Waals surface area contributed by atoms with Gasteiger partial charge in [0.1, 0.15) is 0 Å². The average molecular weight is 277 g/mol. The highest BCUT2D eigenvalue weighted by Gasteiger charge is 2.37. The van der Waals surface area contributed by atoms with Gasteiger partial charge in [-0.3, -0.25) is 0 Å². The third-order valence-electron chi connectivity index (χ3n) is 2.58. The molecule has 106 valence electrons. The predicted molar refractivity (Wildman–Crippen MR) is 62.7 cm³/mol. The van der Waals surface area contributed by atoms with Crippen LogP contribution in [0, 0.1) is 0 Å². The second kappa shape index (κ2) is 5.48. The molecule has 7 heteroatoms. The fourth-order valence-electron chi connectivity index (χ4n) is 1.55. The minimum atomic E-state index is -4.66. The van der Waals surface area contributed by atoms with Gasteiger partial charge in [-0.05, 0) is 18.2 Å². The number of rotatable bonds is 3. The molecular weight excluding hydrogens is 263 g/mol. The van der Waals surface area contributed by atoms with Crippen molar-refractivity contribution in [1.82, 2.24) is 0 Å². The Hall–Kier alpha value is -1.76. The summed E-state index contributed by atoms with van der Waals surface area (Å²) in [5, 5.41) is 9.65. The monoisotopic (exact) mass is 277 g/mol. The summed E-state index contributed by atoms with van der Waals surface area (Å²) in [4.78, 5) is 12.8. The maximum atomic E-state index is 12.8. The number of ether oxygens (including phenoxy) is 1. The molecule has 0 saturated carbocycles. The van der Waals surface area contributed by atoms with Crippen molar-refractivity contribution < 1.29 is 27.8 Å². The van der Waals surface area contributed by atoms with Crippen molar-refractivity contribution >= 4 is 11.7 Å².